The van der Waals surface area contributed by atoms with Gasteiger partial charge in [0, 0.05) is 12.1 Å². The maximum atomic E-state index is 12.5. The molecule has 0 aromatic heterocycles. The van der Waals surface area contributed by atoms with Gasteiger partial charge in [-0.15, -0.1) is 0 Å². The van der Waals surface area contributed by atoms with Crippen molar-refractivity contribution in [2.75, 3.05) is 24.6 Å². The summed E-state index contributed by atoms with van der Waals surface area (Å²) in [6.07, 6.45) is 2.64. The molecule has 0 bridgehead atoms. The molecule has 2 aliphatic rings. The third-order valence-corrected chi connectivity index (χ3v) is 7.26. The first-order valence-electron chi connectivity index (χ1n) is 9.23. The number of carbonyl (C=O) groups excluding carboxylic acids is 1. The molecule has 4 rings (SSSR count). The van der Waals surface area contributed by atoms with Crippen molar-refractivity contribution >= 4 is 26.5 Å². The lowest BCUT2D eigenvalue weighted by Gasteiger charge is -2.26. The number of amides is 1. The second kappa shape index (κ2) is 7.00. The van der Waals surface area contributed by atoms with E-state index in [2.05, 4.69) is 46.6 Å². The number of benzene rings is 2. The number of hydrogen-bond acceptors (Lipinski definition) is 4. The zero-order valence-corrected chi connectivity index (χ0v) is 15.5. The smallest absolute Gasteiger partial charge is 0.234 e. The monoisotopic (exact) mass is 372 g/mol. The van der Waals surface area contributed by atoms with E-state index < -0.39 is 9.84 Å². The molecule has 2 fully saturated rings. The molecule has 0 saturated carbocycles. The number of fused-ring (bicyclic) bond motifs is 1. The van der Waals surface area contributed by atoms with Crippen LogP contribution in [0.1, 0.15) is 30.9 Å². The summed E-state index contributed by atoms with van der Waals surface area (Å²) in [5.74, 6) is 0.186. The summed E-state index contributed by atoms with van der Waals surface area (Å²) in [6.45, 7) is 1.22. The van der Waals surface area contributed by atoms with E-state index in [4.69, 9.17) is 0 Å². The highest BCUT2D eigenvalue weighted by Crippen LogP contribution is 2.35. The maximum Gasteiger partial charge on any atom is 0.234 e. The van der Waals surface area contributed by atoms with Crippen molar-refractivity contribution in [3.8, 4) is 0 Å². The number of rotatable bonds is 4. The Bertz CT molecular complexity index is 920. The van der Waals surface area contributed by atoms with Crippen LogP contribution in [0.2, 0.25) is 0 Å². The lowest BCUT2D eigenvalue weighted by Crippen LogP contribution is -2.42. The number of sulfone groups is 1. The second-order valence-electron chi connectivity index (χ2n) is 7.36. The number of likely N-dealkylation sites (tertiary alicyclic amines) is 1. The molecule has 2 aliphatic heterocycles. The normalized spacial score (nSPS) is 25.5. The van der Waals surface area contributed by atoms with Gasteiger partial charge >= 0.3 is 0 Å². The quantitative estimate of drug-likeness (QED) is 0.894. The van der Waals surface area contributed by atoms with Crippen molar-refractivity contribution in [1.29, 1.82) is 0 Å². The van der Waals surface area contributed by atoms with Gasteiger partial charge in [-0.05, 0) is 42.1 Å². The third-order valence-electron chi connectivity index (χ3n) is 5.49. The molecule has 26 heavy (non-hydrogen) atoms. The Hall–Kier alpha value is -1.92. The van der Waals surface area contributed by atoms with Crippen LogP contribution in [0.5, 0.6) is 0 Å². The van der Waals surface area contributed by atoms with Crippen LogP contribution in [0.25, 0.3) is 10.8 Å². The van der Waals surface area contributed by atoms with Crippen LogP contribution in [0.3, 0.4) is 0 Å². The minimum atomic E-state index is -2.97. The van der Waals surface area contributed by atoms with Gasteiger partial charge < -0.3 is 5.32 Å². The zero-order valence-electron chi connectivity index (χ0n) is 14.7. The molecule has 2 atom stereocenters. The van der Waals surface area contributed by atoms with Gasteiger partial charge in [0.15, 0.2) is 9.84 Å². The Morgan fingerprint density at radius 1 is 1.12 bits per heavy atom. The lowest BCUT2D eigenvalue weighted by molar-refractivity contribution is -0.123. The summed E-state index contributed by atoms with van der Waals surface area (Å²) >= 11 is 0. The molecule has 1 N–H and O–H groups in total. The molecule has 0 unspecified atom stereocenters. The summed E-state index contributed by atoms with van der Waals surface area (Å²) in [6, 6.07) is 14.7. The molecule has 1 amide bonds. The van der Waals surface area contributed by atoms with Crippen molar-refractivity contribution < 1.29 is 13.2 Å². The fourth-order valence-corrected chi connectivity index (χ4v) is 5.95. The van der Waals surface area contributed by atoms with Gasteiger partial charge in [0.25, 0.3) is 0 Å². The highest BCUT2D eigenvalue weighted by molar-refractivity contribution is 7.91. The highest BCUT2D eigenvalue weighted by Gasteiger charge is 2.32. The Labute approximate surface area is 154 Å². The van der Waals surface area contributed by atoms with E-state index >= 15 is 0 Å². The number of nitrogens with zero attached hydrogens (tertiary/aromatic N) is 1. The van der Waals surface area contributed by atoms with Crippen LogP contribution >= 0.6 is 0 Å². The van der Waals surface area contributed by atoms with Gasteiger partial charge in [0.1, 0.15) is 0 Å². The van der Waals surface area contributed by atoms with Crippen LogP contribution in [-0.4, -0.2) is 49.9 Å². The average molecular weight is 372 g/mol. The maximum absolute atomic E-state index is 12.5. The molecular formula is C20H24N2O3S. The van der Waals surface area contributed by atoms with Gasteiger partial charge in [-0.3, -0.25) is 9.69 Å². The second-order valence-corrected chi connectivity index (χ2v) is 9.59. The molecule has 138 valence electrons. The highest BCUT2D eigenvalue weighted by atomic mass is 32.2. The summed E-state index contributed by atoms with van der Waals surface area (Å²) in [7, 11) is -2.97. The minimum absolute atomic E-state index is 0.0702. The van der Waals surface area contributed by atoms with E-state index in [9.17, 15) is 13.2 Å². The van der Waals surface area contributed by atoms with E-state index in [0.717, 1.165) is 19.4 Å². The predicted octanol–water partition coefficient (Wildman–Crippen LogP) is 2.28. The van der Waals surface area contributed by atoms with Crippen molar-refractivity contribution in [3.63, 3.8) is 0 Å². The molecule has 5 nitrogen and oxygen atoms in total. The fraction of sp³-hybridized carbons (Fsp3) is 0.450. The van der Waals surface area contributed by atoms with Gasteiger partial charge in [0.2, 0.25) is 5.91 Å². The lowest BCUT2D eigenvalue weighted by atomic mass is 9.97. The summed E-state index contributed by atoms with van der Waals surface area (Å²) in [5, 5.41) is 5.38. The van der Waals surface area contributed by atoms with E-state index in [1.807, 2.05) is 6.07 Å². The Morgan fingerprint density at radius 3 is 2.73 bits per heavy atom. The Balaban J connectivity index is 1.47. The van der Waals surface area contributed by atoms with Crippen LogP contribution in [0.15, 0.2) is 42.5 Å². The third kappa shape index (κ3) is 3.62. The minimum Gasteiger partial charge on any atom is -0.351 e. The first-order chi connectivity index (χ1) is 12.5. The van der Waals surface area contributed by atoms with Crippen molar-refractivity contribution in [2.45, 2.75) is 31.3 Å². The first kappa shape index (κ1) is 17.5. The molecule has 2 aromatic carbocycles. The largest absolute Gasteiger partial charge is 0.351 e. The standard InChI is InChI=1S/C20H24N2O3S/c23-20(21-16-10-12-26(24,25)14-16)13-22-11-4-9-19(22)18-8-3-6-15-5-1-2-7-17(15)18/h1-3,5-8,16,19H,4,9-14H2,(H,21,23)/t16-,19+/m0/s1. The molecular weight excluding hydrogens is 348 g/mol. The van der Waals surface area contributed by atoms with Gasteiger partial charge in [-0.2, -0.15) is 0 Å². The van der Waals surface area contributed by atoms with E-state index in [1.54, 1.807) is 0 Å². The van der Waals surface area contributed by atoms with Gasteiger partial charge in [-0.1, -0.05) is 42.5 Å². The topological polar surface area (TPSA) is 66.5 Å². The van der Waals surface area contributed by atoms with Crippen LogP contribution in [0.4, 0.5) is 0 Å². The molecule has 0 spiro atoms. The molecule has 2 heterocycles. The van der Waals surface area contributed by atoms with Gasteiger partial charge in [0.05, 0.1) is 18.1 Å². The molecule has 2 aromatic rings. The number of hydrogen-bond donors (Lipinski definition) is 1. The number of carbonyl (C=O) groups is 1. The van der Waals surface area contributed by atoms with Crippen molar-refractivity contribution in [2.24, 2.45) is 0 Å². The molecule has 2 saturated heterocycles. The Morgan fingerprint density at radius 2 is 1.92 bits per heavy atom. The zero-order chi connectivity index (χ0) is 18.1. The molecule has 0 aliphatic carbocycles. The summed E-state index contributed by atoms with van der Waals surface area (Å²) in [5.41, 5.74) is 1.27. The van der Waals surface area contributed by atoms with E-state index in [0.29, 0.717) is 13.0 Å². The van der Waals surface area contributed by atoms with Gasteiger partial charge in [-0.25, -0.2) is 8.42 Å². The number of nitrogens with one attached hydrogen (secondary N) is 1. The fourth-order valence-electron chi connectivity index (χ4n) is 4.28. The van der Waals surface area contributed by atoms with Crippen molar-refractivity contribution in [3.05, 3.63) is 48.0 Å². The molecule has 0 radical (unpaired) electrons. The van der Waals surface area contributed by atoms with Crippen LogP contribution in [0, 0.1) is 0 Å². The van der Waals surface area contributed by atoms with E-state index in [1.165, 1.54) is 16.3 Å². The predicted molar refractivity (Wildman–Crippen MR) is 103 cm³/mol. The Kier molecular flexibility index (Phi) is 4.71. The SMILES string of the molecule is O=C(CN1CCC[C@@H]1c1cccc2ccccc12)N[C@H]1CCS(=O)(=O)C1. The van der Waals surface area contributed by atoms with Crippen molar-refractivity contribution in [1.82, 2.24) is 10.2 Å². The van der Waals surface area contributed by atoms with Crippen LogP contribution < -0.4 is 5.32 Å². The van der Waals surface area contributed by atoms with Crippen LogP contribution in [-0.2, 0) is 14.6 Å². The average Bonchev–Trinajstić information content (AvgIpc) is 3.20. The molecule has 6 heteroatoms. The summed E-state index contributed by atoms with van der Waals surface area (Å²) in [4.78, 5) is 14.7. The first-order valence-corrected chi connectivity index (χ1v) is 11.1. The van der Waals surface area contributed by atoms with E-state index in [-0.39, 0.29) is 29.5 Å². The summed E-state index contributed by atoms with van der Waals surface area (Å²) < 4.78 is 23.1.